The van der Waals surface area contributed by atoms with Gasteiger partial charge in [0, 0.05) is 52.4 Å². The van der Waals surface area contributed by atoms with Crippen molar-refractivity contribution in [3.05, 3.63) is 139 Å². The molecule has 0 aliphatic carbocycles. The minimum atomic E-state index is -0.335. The molecule has 2 aromatic heterocycles. The molecular weight excluding hydrogens is 670 g/mol. The minimum Gasteiger partial charge on any atom is -0.495 e. The summed E-state index contributed by atoms with van der Waals surface area (Å²) < 4.78 is 22.3. The fraction of sp³-hybridized carbons (Fsp3) is 0.0488. The molecule has 12 nitrogen and oxygen atoms in total. The van der Waals surface area contributed by atoms with Crippen molar-refractivity contribution in [2.45, 2.75) is 0 Å². The summed E-state index contributed by atoms with van der Waals surface area (Å²) >= 11 is 0. The van der Waals surface area contributed by atoms with Crippen LogP contribution in [0.5, 0.6) is 34.5 Å². The summed E-state index contributed by atoms with van der Waals surface area (Å²) in [4.78, 5) is 20.7. The van der Waals surface area contributed by atoms with Crippen molar-refractivity contribution < 1.29 is 23.7 Å². The van der Waals surface area contributed by atoms with Crippen molar-refractivity contribution in [1.82, 2.24) is 9.97 Å². The van der Waals surface area contributed by atoms with Gasteiger partial charge in [0.1, 0.15) is 46.6 Å². The maximum atomic E-state index is 12.1. The predicted molar refractivity (Wildman–Crippen MR) is 203 cm³/mol. The zero-order valence-electron chi connectivity index (χ0n) is 28.5. The molecule has 7 aromatic rings. The maximum Gasteiger partial charge on any atom is 0.323 e. The second-order valence-electron chi connectivity index (χ2n) is 11.2. The highest BCUT2D eigenvalue weighted by Crippen LogP contribution is 2.34. The van der Waals surface area contributed by atoms with Gasteiger partial charge < -0.3 is 35.3 Å². The van der Waals surface area contributed by atoms with Crippen molar-refractivity contribution in [3.63, 3.8) is 0 Å². The van der Waals surface area contributed by atoms with Crippen molar-refractivity contribution in [2.75, 3.05) is 30.6 Å². The van der Waals surface area contributed by atoms with Crippen LogP contribution >= 0.6 is 0 Å². The molecule has 2 heterocycles. The van der Waals surface area contributed by atoms with Crippen LogP contribution in [0.25, 0.3) is 21.8 Å². The number of hydrogen-bond donors (Lipinski definition) is 3. The van der Waals surface area contributed by atoms with Crippen LogP contribution in [0.3, 0.4) is 0 Å². The summed E-state index contributed by atoms with van der Waals surface area (Å²) in [7, 11) is 3.04. The lowest BCUT2D eigenvalue weighted by atomic mass is 10.1. The van der Waals surface area contributed by atoms with E-state index in [0.29, 0.717) is 79.1 Å². The Morgan fingerprint density at radius 1 is 0.604 bits per heavy atom. The molecular formula is C41H31N7O5. The highest BCUT2D eigenvalue weighted by molar-refractivity contribution is 5.99. The third-order valence-electron chi connectivity index (χ3n) is 7.77. The first-order valence-electron chi connectivity index (χ1n) is 16.1. The Bertz CT molecular complexity index is 2480. The fourth-order valence-electron chi connectivity index (χ4n) is 5.20. The van der Waals surface area contributed by atoms with Crippen molar-refractivity contribution >= 4 is 44.9 Å². The Labute approximate surface area is 304 Å². The van der Waals surface area contributed by atoms with E-state index in [-0.39, 0.29) is 6.03 Å². The molecule has 5 aromatic carbocycles. The zero-order chi connectivity index (χ0) is 37.2. The summed E-state index contributed by atoms with van der Waals surface area (Å²) in [6, 6.07) is 37.5. The number of pyridine rings is 2. The second-order valence-corrected chi connectivity index (χ2v) is 11.2. The van der Waals surface area contributed by atoms with Crippen LogP contribution in [-0.4, -0.2) is 30.2 Å². The fourth-order valence-corrected chi connectivity index (χ4v) is 5.20. The van der Waals surface area contributed by atoms with Crippen LogP contribution in [0.1, 0.15) is 11.1 Å². The van der Waals surface area contributed by atoms with E-state index in [4.69, 9.17) is 24.7 Å². The number of nitrogens with two attached hydrogens (primary N) is 1. The van der Waals surface area contributed by atoms with Gasteiger partial charge in [0.2, 0.25) is 0 Å². The highest BCUT2D eigenvalue weighted by atomic mass is 16.5. The molecule has 53 heavy (non-hydrogen) atoms. The van der Waals surface area contributed by atoms with Gasteiger partial charge in [-0.05, 0) is 84.9 Å². The number of hydrogen-bond acceptors (Lipinski definition) is 10. The first-order valence-corrected chi connectivity index (χ1v) is 16.1. The molecule has 0 atom stereocenters. The molecule has 2 amide bonds. The SMILES string of the molecule is COc1cc2nccc(Oc3ccc(N)cc3)c2cc1C#N.COc1cc2nccc(Oc3ccc(NC(=O)Nc4ccccc4)cc3)c2cc1C#N. The number of para-hydroxylation sites is 1. The summed E-state index contributed by atoms with van der Waals surface area (Å²) in [5.74, 6) is 3.38. The molecule has 0 aliphatic heterocycles. The minimum absolute atomic E-state index is 0.335. The number of rotatable bonds is 8. The first kappa shape index (κ1) is 35.0. The number of urea groups is 1. The number of anilines is 3. The largest absolute Gasteiger partial charge is 0.495 e. The summed E-state index contributed by atoms with van der Waals surface area (Å²) in [5.41, 5.74) is 9.85. The van der Waals surface area contributed by atoms with Gasteiger partial charge in [-0.3, -0.25) is 9.97 Å². The summed E-state index contributed by atoms with van der Waals surface area (Å²) in [5, 5.41) is 25.5. The molecule has 0 unspecified atom stereocenters. The van der Waals surface area contributed by atoms with E-state index in [1.54, 1.807) is 97.3 Å². The van der Waals surface area contributed by atoms with Gasteiger partial charge in [-0.15, -0.1) is 0 Å². The maximum absolute atomic E-state index is 12.1. The highest BCUT2D eigenvalue weighted by Gasteiger charge is 2.12. The number of amides is 2. The Morgan fingerprint density at radius 3 is 1.51 bits per heavy atom. The van der Waals surface area contributed by atoms with Gasteiger partial charge in [0.15, 0.2) is 0 Å². The molecule has 260 valence electrons. The second kappa shape index (κ2) is 16.3. The van der Waals surface area contributed by atoms with Crippen LogP contribution in [0.4, 0.5) is 21.9 Å². The first-order chi connectivity index (χ1) is 25.9. The van der Waals surface area contributed by atoms with E-state index in [9.17, 15) is 15.3 Å². The molecule has 0 radical (unpaired) electrons. The van der Waals surface area contributed by atoms with E-state index in [1.807, 2.05) is 30.3 Å². The number of carbonyl (C=O) groups excluding carboxylic acids is 1. The molecule has 0 bridgehead atoms. The number of nitriles is 2. The average molecular weight is 702 g/mol. The molecule has 0 saturated carbocycles. The molecule has 0 spiro atoms. The van der Waals surface area contributed by atoms with Gasteiger partial charge in [-0.2, -0.15) is 10.5 Å². The lowest BCUT2D eigenvalue weighted by molar-refractivity contribution is 0.262. The summed E-state index contributed by atoms with van der Waals surface area (Å²) in [6.07, 6.45) is 3.29. The van der Waals surface area contributed by atoms with Crippen molar-refractivity contribution in [3.8, 4) is 46.6 Å². The standard InChI is InChI=1S/C24H18N4O3.C17H13N3O2/c1-30-23-14-21-20(13-16(23)15-25)22(11-12-26-21)31-19-9-7-18(8-10-19)28-24(29)27-17-5-3-2-4-6-17;1-21-17-9-15-14(8-11(17)10-18)16(6-7-20-15)22-13-4-2-12(19)3-5-13/h2-14H,1H3,(H2,27,28,29);2-9H,19H2,1H3. The molecule has 0 saturated heterocycles. The normalized spacial score (nSPS) is 10.2. The van der Waals surface area contributed by atoms with Crippen LogP contribution in [0.15, 0.2) is 128 Å². The molecule has 12 heteroatoms. The lowest BCUT2D eigenvalue weighted by Gasteiger charge is -2.11. The summed E-state index contributed by atoms with van der Waals surface area (Å²) in [6.45, 7) is 0. The van der Waals surface area contributed by atoms with Gasteiger partial charge in [-0.1, -0.05) is 18.2 Å². The third kappa shape index (κ3) is 8.49. The average Bonchev–Trinajstić information content (AvgIpc) is 3.19. The van der Waals surface area contributed by atoms with E-state index < -0.39 is 0 Å². The number of methoxy groups -OCH3 is 2. The van der Waals surface area contributed by atoms with E-state index in [0.717, 1.165) is 5.39 Å². The lowest BCUT2D eigenvalue weighted by Crippen LogP contribution is -2.19. The smallest absolute Gasteiger partial charge is 0.323 e. The number of nitrogen functional groups attached to an aromatic ring is 1. The van der Waals surface area contributed by atoms with Crippen LogP contribution in [0, 0.1) is 22.7 Å². The Kier molecular flexibility index (Phi) is 10.7. The predicted octanol–water partition coefficient (Wildman–Crippen LogP) is 9.04. The monoisotopic (exact) mass is 701 g/mol. The van der Waals surface area contributed by atoms with E-state index in [1.165, 1.54) is 14.2 Å². The van der Waals surface area contributed by atoms with Gasteiger partial charge in [0.25, 0.3) is 0 Å². The van der Waals surface area contributed by atoms with Crippen molar-refractivity contribution in [2.24, 2.45) is 0 Å². The Balaban J connectivity index is 0.000000192. The number of fused-ring (bicyclic) bond motifs is 2. The quantitative estimate of drug-likeness (QED) is 0.130. The Hall–Kier alpha value is -7.83. The number of carbonyl (C=O) groups is 1. The number of benzene rings is 5. The van der Waals surface area contributed by atoms with Gasteiger partial charge >= 0.3 is 6.03 Å². The number of nitrogens with one attached hydrogen (secondary N) is 2. The molecule has 4 N–H and O–H groups in total. The zero-order valence-corrected chi connectivity index (χ0v) is 28.5. The van der Waals surface area contributed by atoms with Crippen molar-refractivity contribution in [1.29, 1.82) is 10.5 Å². The molecule has 0 aliphatic rings. The van der Waals surface area contributed by atoms with Gasteiger partial charge in [0.05, 0.1) is 36.4 Å². The number of aromatic nitrogens is 2. The topological polar surface area (TPSA) is 177 Å². The van der Waals surface area contributed by atoms with Crippen LogP contribution < -0.4 is 35.3 Å². The number of nitrogens with zero attached hydrogens (tertiary/aromatic N) is 4. The number of ether oxygens (including phenoxy) is 4. The molecule has 7 rings (SSSR count). The third-order valence-corrected chi connectivity index (χ3v) is 7.77. The van der Waals surface area contributed by atoms with Crippen LogP contribution in [-0.2, 0) is 0 Å². The van der Waals surface area contributed by atoms with E-state index in [2.05, 4.69) is 32.7 Å². The van der Waals surface area contributed by atoms with Gasteiger partial charge in [-0.25, -0.2) is 4.79 Å². The van der Waals surface area contributed by atoms with Crippen LogP contribution in [0.2, 0.25) is 0 Å². The Morgan fingerprint density at radius 2 is 1.06 bits per heavy atom. The molecule has 0 fully saturated rings. The van der Waals surface area contributed by atoms with E-state index >= 15 is 0 Å².